The summed E-state index contributed by atoms with van der Waals surface area (Å²) in [5.74, 6) is 0.845. The number of amidine groups is 1. The number of hydrogen-bond donors (Lipinski definition) is 1. The lowest BCUT2D eigenvalue weighted by Crippen LogP contribution is -2.25. The van der Waals surface area contributed by atoms with Crippen LogP contribution in [0.3, 0.4) is 0 Å². The van der Waals surface area contributed by atoms with E-state index in [1.165, 1.54) is 0 Å². The Morgan fingerprint density at radius 1 is 1.22 bits per heavy atom. The number of hydrogen-bond acceptors (Lipinski definition) is 2. The van der Waals surface area contributed by atoms with E-state index in [1.54, 1.807) is 14.1 Å². The molecule has 0 radical (unpaired) electrons. The molecule has 0 spiro atoms. The van der Waals surface area contributed by atoms with Gasteiger partial charge in [-0.2, -0.15) is 0 Å². The van der Waals surface area contributed by atoms with Crippen molar-refractivity contribution in [1.82, 2.24) is 5.32 Å². The average molecular weight is 127 g/mol. The van der Waals surface area contributed by atoms with E-state index >= 15 is 0 Å². The van der Waals surface area contributed by atoms with Gasteiger partial charge in [0.1, 0.15) is 5.84 Å². The molecule has 0 aliphatic rings. The SMILES string of the molecule is C/N=C(C)/C(=N\C)NC. The number of nitrogens with one attached hydrogen (secondary N) is 1. The molecule has 0 fully saturated rings. The monoisotopic (exact) mass is 127 g/mol. The van der Waals surface area contributed by atoms with Crippen LogP contribution < -0.4 is 5.32 Å². The molecular formula is C6H13N3. The van der Waals surface area contributed by atoms with Crippen LogP contribution in [0, 0.1) is 0 Å². The van der Waals surface area contributed by atoms with Gasteiger partial charge < -0.3 is 5.32 Å². The molecule has 0 aromatic rings. The van der Waals surface area contributed by atoms with Crippen LogP contribution in [0.15, 0.2) is 9.98 Å². The first-order valence-corrected chi connectivity index (χ1v) is 2.84. The first-order chi connectivity index (χ1) is 4.26. The summed E-state index contributed by atoms with van der Waals surface area (Å²) in [4.78, 5) is 7.91. The predicted octanol–water partition coefficient (Wildman–Crippen LogP) is 0.325. The molecule has 0 aromatic heterocycles. The zero-order valence-corrected chi connectivity index (χ0v) is 6.39. The Morgan fingerprint density at radius 2 is 1.78 bits per heavy atom. The number of aliphatic imine (C=N–C) groups is 2. The highest BCUT2D eigenvalue weighted by Gasteiger charge is 1.94. The van der Waals surface area contributed by atoms with Gasteiger partial charge in [0.2, 0.25) is 0 Å². The van der Waals surface area contributed by atoms with Gasteiger partial charge in [0.05, 0.1) is 5.71 Å². The quantitative estimate of drug-likeness (QED) is 0.400. The fraction of sp³-hybridized carbons (Fsp3) is 0.667. The van der Waals surface area contributed by atoms with Crippen molar-refractivity contribution in [2.75, 3.05) is 21.1 Å². The van der Waals surface area contributed by atoms with Crippen LogP contribution in [0.4, 0.5) is 0 Å². The van der Waals surface area contributed by atoms with Crippen molar-refractivity contribution in [3.63, 3.8) is 0 Å². The molecule has 0 atom stereocenters. The second-order valence-electron chi connectivity index (χ2n) is 1.63. The van der Waals surface area contributed by atoms with Crippen LogP contribution >= 0.6 is 0 Å². The summed E-state index contributed by atoms with van der Waals surface area (Å²) in [7, 11) is 5.31. The molecule has 0 unspecified atom stereocenters. The Kier molecular flexibility index (Phi) is 3.67. The van der Waals surface area contributed by atoms with E-state index in [2.05, 4.69) is 15.3 Å². The maximum absolute atomic E-state index is 3.95. The third kappa shape index (κ3) is 2.26. The highest BCUT2D eigenvalue weighted by molar-refractivity contribution is 6.40. The van der Waals surface area contributed by atoms with Gasteiger partial charge in [-0.15, -0.1) is 0 Å². The summed E-state index contributed by atoms with van der Waals surface area (Å²) >= 11 is 0. The largest absolute Gasteiger partial charge is 0.372 e. The molecule has 3 nitrogen and oxygen atoms in total. The molecule has 3 heteroatoms. The van der Waals surface area contributed by atoms with E-state index in [-0.39, 0.29) is 0 Å². The molecule has 0 aliphatic carbocycles. The van der Waals surface area contributed by atoms with Crippen molar-refractivity contribution < 1.29 is 0 Å². The summed E-state index contributed by atoms with van der Waals surface area (Å²) in [6.45, 7) is 1.92. The molecule has 52 valence electrons. The van der Waals surface area contributed by atoms with Crippen molar-refractivity contribution in [2.45, 2.75) is 6.92 Å². The van der Waals surface area contributed by atoms with Crippen LogP contribution in [-0.2, 0) is 0 Å². The zero-order chi connectivity index (χ0) is 7.28. The lowest BCUT2D eigenvalue weighted by Gasteiger charge is -2.00. The molecule has 0 heterocycles. The molecule has 0 aromatic carbocycles. The summed E-state index contributed by atoms with van der Waals surface area (Å²) in [5.41, 5.74) is 0.931. The zero-order valence-electron chi connectivity index (χ0n) is 6.39. The Bertz CT molecular complexity index is 135. The molecular weight excluding hydrogens is 114 g/mol. The van der Waals surface area contributed by atoms with Gasteiger partial charge in [-0.05, 0) is 6.92 Å². The summed E-state index contributed by atoms with van der Waals surface area (Å²) in [6.07, 6.45) is 0. The minimum absolute atomic E-state index is 0.845. The fourth-order valence-corrected chi connectivity index (χ4v) is 0.560. The van der Waals surface area contributed by atoms with E-state index in [0.717, 1.165) is 11.5 Å². The Balaban J connectivity index is 4.14. The fourth-order valence-electron chi connectivity index (χ4n) is 0.560. The van der Waals surface area contributed by atoms with Gasteiger partial charge in [-0.25, -0.2) is 0 Å². The average Bonchev–Trinajstić information content (AvgIpc) is 1.90. The molecule has 0 saturated carbocycles. The third-order valence-corrected chi connectivity index (χ3v) is 1.14. The number of nitrogens with zero attached hydrogens (tertiary/aromatic N) is 2. The van der Waals surface area contributed by atoms with E-state index in [1.807, 2.05) is 14.0 Å². The van der Waals surface area contributed by atoms with E-state index in [4.69, 9.17) is 0 Å². The maximum atomic E-state index is 3.95. The lowest BCUT2D eigenvalue weighted by atomic mass is 10.4. The normalized spacial score (nSPS) is 13.8. The van der Waals surface area contributed by atoms with Gasteiger partial charge in [-0.1, -0.05) is 0 Å². The van der Waals surface area contributed by atoms with Crippen molar-refractivity contribution in [3.05, 3.63) is 0 Å². The van der Waals surface area contributed by atoms with E-state index in [9.17, 15) is 0 Å². The van der Waals surface area contributed by atoms with Gasteiger partial charge in [0, 0.05) is 21.1 Å². The molecule has 0 saturated heterocycles. The minimum atomic E-state index is 0.845. The summed E-state index contributed by atoms with van der Waals surface area (Å²) in [5, 5.41) is 2.92. The van der Waals surface area contributed by atoms with Crippen LogP contribution in [0.5, 0.6) is 0 Å². The third-order valence-electron chi connectivity index (χ3n) is 1.14. The van der Waals surface area contributed by atoms with Gasteiger partial charge in [0.25, 0.3) is 0 Å². The first-order valence-electron chi connectivity index (χ1n) is 2.84. The van der Waals surface area contributed by atoms with Crippen molar-refractivity contribution >= 4 is 11.5 Å². The summed E-state index contributed by atoms with van der Waals surface area (Å²) in [6, 6.07) is 0. The number of rotatable bonds is 1. The maximum Gasteiger partial charge on any atom is 0.141 e. The molecule has 0 amide bonds. The van der Waals surface area contributed by atoms with Crippen molar-refractivity contribution in [3.8, 4) is 0 Å². The van der Waals surface area contributed by atoms with Crippen LogP contribution in [0.1, 0.15) is 6.92 Å². The molecule has 0 rings (SSSR count). The second-order valence-corrected chi connectivity index (χ2v) is 1.63. The highest BCUT2D eigenvalue weighted by Crippen LogP contribution is 1.76. The second kappa shape index (κ2) is 4.06. The Labute approximate surface area is 55.9 Å². The lowest BCUT2D eigenvalue weighted by molar-refractivity contribution is 1.16. The first kappa shape index (κ1) is 8.14. The predicted molar refractivity (Wildman–Crippen MR) is 41.5 cm³/mol. The van der Waals surface area contributed by atoms with E-state index in [0.29, 0.717) is 0 Å². The standard InChI is InChI=1S/C6H13N3/c1-5(7-2)6(8-3)9-4/h1-4H3,(H,8,9)/b7-5+. The summed E-state index contributed by atoms with van der Waals surface area (Å²) < 4.78 is 0. The van der Waals surface area contributed by atoms with Crippen LogP contribution in [-0.4, -0.2) is 32.7 Å². The van der Waals surface area contributed by atoms with Crippen LogP contribution in [0.25, 0.3) is 0 Å². The van der Waals surface area contributed by atoms with Crippen LogP contribution in [0.2, 0.25) is 0 Å². The molecule has 1 N–H and O–H groups in total. The Hall–Kier alpha value is -0.860. The molecule has 9 heavy (non-hydrogen) atoms. The Morgan fingerprint density at radius 3 is 1.89 bits per heavy atom. The molecule has 0 bridgehead atoms. The van der Waals surface area contributed by atoms with Crippen molar-refractivity contribution in [2.24, 2.45) is 9.98 Å². The molecule has 0 aliphatic heterocycles. The smallest absolute Gasteiger partial charge is 0.141 e. The van der Waals surface area contributed by atoms with Gasteiger partial charge in [0.15, 0.2) is 0 Å². The van der Waals surface area contributed by atoms with Gasteiger partial charge in [-0.3, -0.25) is 9.98 Å². The topological polar surface area (TPSA) is 36.8 Å². The van der Waals surface area contributed by atoms with Gasteiger partial charge >= 0.3 is 0 Å². The minimum Gasteiger partial charge on any atom is -0.372 e. The van der Waals surface area contributed by atoms with Crippen molar-refractivity contribution in [1.29, 1.82) is 0 Å². The highest BCUT2D eigenvalue weighted by atomic mass is 15.0. The van der Waals surface area contributed by atoms with E-state index < -0.39 is 0 Å².